The number of ketones is 1. The third kappa shape index (κ3) is 2.85. The quantitative estimate of drug-likeness (QED) is 0.786. The summed E-state index contributed by atoms with van der Waals surface area (Å²) < 4.78 is 24.4. The van der Waals surface area contributed by atoms with Crippen LogP contribution in [0.3, 0.4) is 0 Å². The van der Waals surface area contributed by atoms with Crippen LogP contribution in [0.25, 0.3) is 0 Å². The molecule has 0 aliphatic carbocycles. The van der Waals surface area contributed by atoms with Crippen LogP contribution >= 0.6 is 0 Å². The highest BCUT2D eigenvalue weighted by Crippen LogP contribution is 2.30. The van der Waals surface area contributed by atoms with Gasteiger partial charge in [-0.3, -0.25) is 4.79 Å². The van der Waals surface area contributed by atoms with Crippen molar-refractivity contribution in [2.24, 2.45) is 0 Å². The summed E-state index contributed by atoms with van der Waals surface area (Å²) in [5.41, 5.74) is 0.332. The Morgan fingerprint density at radius 1 is 1.42 bits per heavy atom. The van der Waals surface area contributed by atoms with Crippen molar-refractivity contribution >= 4 is 5.78 Å². The lowest BCUT2D eigenvalue weighted by Gasteiger charge is -2.35. The molecule has 0 unspecified atom stereocenters. The maximum absolute atomic E-state index is 13.4. The molecule has 19 heavy (non-hydrogen) atoms. The molecule has 1 aliphatic heterocycles. The predicted octanol–water partition coefficient (Wildman–Crippen LogP) is 2.90. The Bertz CT molecular complexity index is 459. The summed E-state index contributed by atoms with van der Waals surface area (Å²) in [4.78, 5) is 12.7. The first-order valence-electron chi connectivity index (χ1n) is 6.62. The summed E-state index contributed by atoms with van der Waals surface area (Å²) >= 11 is 0. The molecule has 2 rings (SSSR count). The third-order valence-electron chi connectivity index (χ3n) is 3.58. The Labute approximate surface area is 112 Å². The van der Waals surface area contributed by atoms with E-state index in [1.165, 1.54) is 12.1 Å². The van der Waals surface area contributed by atoms with E-state index in [1.54, 1.807) is 6.07 Å². The lowest BCUT2D eigenvalue weighted by Crippen LogP contribution is -2.46. The van der Waals surface area contributed by atoms with E-state index in [9.17, 15) is 9.18 Å². The second-order valence-corrected chi connectivity index (χ2v) is 4.83. The molecule has 0 atom stereocenters. The van der Waals surface area contributed by atoms with Crippen LogP contribution in [0.1, 0.15) is 35.7 Å². The molecule has 0 bridgehead atoms. The molecule has 4 heteroatoms. The van der Waals surface area contributed by atoms with E-state index in [0.29, 0.717) is 38.2 Å². The van der Waals surface area contributed by atoms with Gasteiger partial charge in [-0.25, -0.2) is 4.39 Å². The molecule has 1 aromatic carbocycles. The zero-order chi connectivity index (χ0) is 13.9. The monoisotopic (exact) mass is 266 g/mol. The second-order valence-electron chi connectivity index (χ2n) is 4.83. The standard InChI is InChI=1S/C15H19FO3/c1-3-19-15(6-8-18-9-7-15)14(17)13-10-12(16)5-4-11(13)2/h4-5,10H,3,6-9H2,1-2H3. The third-order valence-corrected chi connectivity index (χ3v) is 3.58. The highest BCUT2D eigenvalue weighted by molar-refractivity contribution is 6.03. The highest BCUT2D eigenvalue weighted by Gasteiger charge is 2.41. The molecule has 0 amide bonds. The molecule has 1 saturated heterocycles. The Hall–Kier alpha value is -1.26. The Balaban J connectivity index is 2.36. The lowest BCUT2D eigenvalue weighted by molar-refractivity contribution is -0.0822. The summed E-state index contributed by atoms with van der Waals surface area (Å²) in [5, 5.41) is 0. The van der Waals surface area contributed by atoms with Gasteiger partial charge in [0, 0.05) is 38.2 Å². The number of hydrogen-bond donors (Lipinski definition) is 0. The summed E-state index contributed by atoms with van der Waals surface area (Å²) in [6.45, 7) is 5.13. The van der Waals surface area contributed by atoms with E-state index < -0.39 is 11.4 Å². The molecule has 1 fully saturated rings. The first-order valence-corrected chi connectivity index (χ1v) is 6.62. The van der Waals surface area contributed by atoms with Crippen molar-refractivity contribution in [3.8, 4) is 0 Å². The number of ether oxygens (including phenoxy) is 2. The molecular weight excluding hydrogens is 247 g/mol. The summed E-state index contributed by atoms with van der Waals surface area (Å²) in [5.74, 6) is -0.526. The Morgan fingerprint density at radius 2 is 2.11 bits per heavy atom. The van der Waals surface area contributed by atoms with Crippen molar-refractivity contribution in [1.29, 1.82) is 0 Å². The first-order chi connectivity index (χ1) is 9.09. The van der Waals surface area contributed by atoms with Gasteiger partial charge in [-0.2, -0.15) is 0 Å². The molecule has 0 saturated carbocycles. The normalized spacial score (nSPS) is 18.3. The minimum Gasteiger partial charge on any atom is -0.381 e. The second kappa shape index (κ2) is 5.80. The zero-order valence-electron chi connectivity index (χ0n) is 11.4. The number of Topliss-reactive ketones (excluding diaryl/α,β-unsaturated/α-hetero) is 1. The highest BCUT2D eigenvalue weighted by atomic mass is 19.1. The van der Waals surface area contributed by atoms with Crippen molar-refractivity contribution in [2.45, 2.75) is 32.3 Å². The fourth-order valence-corrected chi connectivity index (χ4v) is 2.50. The molecule has 0 radical (unpaired) electrons. The number of carbonyl (C=O) groups excluding carboxylic acids is 1. The molecule has 0 N–H and O–H groups in total. The predicted molar refractivity (Wildman–Crippen MR) is 69.9 cm³/mol. The summed E-state index contributed by atoms with van der Waals surface area (Å²) in [6.07, 6.45) is 1.05. The van der Waals surface area contributed by atoms with Gasteiger partial charge >= 0.3 is 0 Å². The lowest BCUT2D eigenvalue weighted by atomic mass is 9.84. The molecule has 0 spiro atoms. The maximum Gasteiger partial charge on any atom is 0.195 e. The van der Waals surface area contributed by atoms with Crippen LogP contribution in [0.5, 0.6) is 0 Å². The summed E-state index contributed by atoms with van der Waals surface area (Å²) in [7, 11) is 0. The van der Waals surface area contributed by atoms with Crippen LogP contribution in [-0.4, -0.2) is 31.2 Å². The van der Waals surface area contributed by atoms with Crippen molar-refractivity contribution < 1.29 is 18.7 Å². The van der Waals surface area contributed by atoms with Gasteiger partial charge in [0.15, 0.2) is 5.78 Å². The minimum absolute atomic E-state index is 0.130. The molecule has 1 heterocycles. The molecule has 1 aliphatic rings. The van der Waals surface area contributed by atoms with Crippen molar-refractivity contribution in [3.05, 3.63) is 35.1 Å². The molecular formula is C15H19FO3. The molecule has 3 nitrogen and oxygen atoms in total. The van der Waals surface area contributed by atoms with Gasteiger partial charge in [0.1, 0.15) is 11.4 Å². The SMILES string of the molecule is CCOC1(C(=O)c2cc(F)ccc2C)CCOCC1. The first kappa shape index (κ1) is 14.2. The summed E-state index contributed by atoms with van der Waals surface area (Å²) in [6, 6.07) is 4.29. The number of carbonyl (C=O) groups is 1. The van der Waals surface area contributed by atoms with E-state index in [4.69, 9.17) is 9.47 Å². The van der Waals surface area contributed by atoms with Gasteiger partial charge in [-0.05, 0) is 31.5 Å². The van der Waals surface area contributed by atoms with E-state index in [2.05, 4.69) is 0 Å². The zero-order valence-corrected chi connectivity index (χ0v) is 11.4. The molecule has 104 valence electrons. The fraction of sp³-hybridized carbons (Fsp3) is 0.533. The number of halogens is 1. The van der Waals surface area contributed by atoms with Gasteiger partial charge in [0.25, 0.3) is 0 Å². The van der Waals surface area contributed by atoms with Crippen LogP contribution in [-0.2, 0) is 9.47 Å². The van der Waals surface area contributed by atoms with Crippen LogP contribution in [0, 0.1) is 12.7 Å². The van der Waals surface area contributed by atoms with E-state index >= 15 is 0 Å². The van der Waals surface area contributed by atoms with Gasteiger partial charge in [-0.15, -0.1) is 0 Å². The van der Waals surface area contributed by atoms with E-state index in [-0.39, 0.29) is 5.78 Å². The van der Waals surface area contributed by atoms with Gasteiger partial charge in [0.05, 0.1) is 0 Å². The molecule has 0 aromatic heterocycles. The molecule has 1 aromatic rings. The van der Waals surface area contributed by atoms with Crippen LogP contribution in [0.4, 0.5) is 4.39 Å². The number of hydrogen-bond acceptors (Lipinski definition) is 3. The van der Waals surface area contributed by atoms with Gasteiger partial charge in [0.2, 0.25) is 0 Å². The van der Waals surface area contributed by atoms with Gasteiger partial charge in [-0.1, -0.05) is 6.07 Å². The van der Waals surface area contributed by atoms with Crippen molar-refractivity contribution in [2.75, 3.05) is 19.8 Å². The van der Waals surface area contributed by atoms with E-state index in [0.717, 1.165) is 5.56 Å². The Morgan fingerprint density at radius 3 is 2.74 bits per heavy atom. The van der Waals surface area contributed by atoms with Crippen molar-refractivity contribution in [3.63, 3.8) is 0 Å². The van der Waals surface area contributed by atoms with Gasteiger partial charge < -0.3 is 9.47 Å². The Kier molecular flexibility index (Phi) is 4.32. The van der Waals surface area contributed by atoms with Crippen LogP contribution < -0.4 is 0 Å². The minimum atomic E-state index is -0.856. The average molecular weight is 266 g/mol. The number of aryl methyl sites for hydroxylation is 1. The smallest absolute Gasteiger partial charge is 0.195 e. The topological polar surface area (TPSA) is 35.5 Å². The van der Waals surface area contributed by atoms with E-state index in [1.807, 2.05) is 13.8 Å². The van der Waals surface area contributed by atoms with Crippen LogP contribution in [0.15, 0.2) is 18.2 Å². The van der Waals surface area contributed by atoms with Crippen LogP contribution in [0.2, 0.25) is 0 Å². The van der Waals surface area contributed by atoms with Crippen molar-refractivity contribution in [1.82, 2.24) is 0 Å². The maximum atomic E-state index is 13.4. The fourth-order valence-electron chi connectivity index (χ4n) is 2.50. The largest absolute Gasteiger partial charge is 0.381 e. The average Bonchev–Trinajstić information content (AvgIpc) is 2.42. The number of benzene rings is 1. The number of rotatable bonds is 4.